The number of carbonyl (C=O) groups excluding carboxylic acids is 2. The molecule has 5 nitrogen and oxygen atoms in total. The van der Waals surface area contributed by atoms with Crippen LogP contribution in [0.15, 0.2) is 72.8 Å². The number of nitrogens with zero attached hydrogens (tertiary/aromatic N) is 1. The molecule has 0 heterocycles. The summed E-state index contributed by atoms with van der Waals surface area (Å²) in [5.74, 6) is 0.244. The van der Waals surface area contributed by atoms with Crippen molar-refractivity contribution in [3.05, 3.63) is 101 Å². The zero-order valence-electron chi connectivity index (χ0n) is 20.5. The number of benzene rings is 3. The minimum absolute atomic E-state index is 0.140. The van der Waals surface area contributed by atoms with Crippen LogP contribution >= 0.6 is 0 Å². The summed E-state index contributed by atoms with van der Waals surface area (Å²) in [6.45, 7) is 8.63. The summed E-state index contributed by atoms with van der Waals surface area (Å²) in [5.41, 5.74) is 5.37. The summed E-state index contributed by atoms with van der Waals surface area (Å²) in [4.78, 5) is 28.3. The Morgan fingerprint density at radius 3 is 2.24 bits per heavy atom. The zero-order chi connectivity index (χ0) is 24.5. The molecule has 0 radical (unpaired) electrons. The Bertz CT molecular complexity index is 1090. The highest BCUT2D eigenvalue weighted by molar-refractivity contribution is 5.88. The van der Waals surface area contributed by atoms with Crippen molar-refractivity contribution in [2.24, 2.45) is 0 Å². The number of hydrogen-bond acceptors (Lipinski definition) is 3. The largest absolute Gasteiger partial charge is 0.484 e. The van der Waals surface area contributed by atoms with Gasteiger partial charge in [-0.25, -0.2) is 0 Å². The first-order chi connectivity index (χ1) is 16.4. The van der Waals surface area contributed by atoms with Gasteiger partial charge in [0.25, 0.3) is 5.91 Å². The van der Waals surface area contributed by atoms with Gasteiger partial charge in [0.05, 0.1) is 0 Å². The van der Waals surface area contributed by atoms with Crippen molar-refractivity contribution in [2.45, 2.75) is 46.7 Å². The standard InChI is InChI=1S/C29H34N2O3/c1-5-30-29(33)27(18-24-9-7-6-8-10-24)31(19-25-14-11-21(2)12-15-25)28(32)20-34-26-16-13-22(3)23(4)17-26/h6-17,27H,5,18-20H2,1-4H3,(H,30,33). The van der Waals surface area contributed by atoms with Gasteiger partial charge in [0, 0.05) is 19.5 Å². The third kappa shape index (κ3) is 6.95. The highest BCUT2D eigenvalue weighted by Gasteiger charge is 2.30. The molecule has 2 amide bonds. The van der Waals surface area contributed by atoms with Crippen LogP contribution in [0.5, 0.6) is 5.75 Å². The molecule has 5 heteroatoms. The average Bonchev–Trinajstić information content (AvgIpc) is 2.84. The van der Waals surface area contributed by atoms with Gasteiger partial charge in [0.2, 0.25) is 5.91 Å². The summed E-state index contributed by atoms with van der Waals surface area (Å²) < 4.78 is 5.86. The fourth-order valence-corrected chi connectivity index (χ4v) is 3.77. The molecule has 1 unspecified atom stereocenters. The van der Waals surface area contributed by atoms with E-state index in [0.717, 1.165) is 22.3 Å². The second-order valence-electron chi connectivity index (χ2n) is 8.64. The van der Waals surface area contributed by atoms with E-state index in [1.807, 2.05) is 100 Å². The molecule has 0 saturated heterocycles. The van der Waals surface area contributed by atoms with E-state index in [-0.39, 0.29) is 18.4 Å². The summed E-state index contributed by atoms with van der Waals surface area (Å²) in [7, 11) is 0. The minimum Gasteiger partial charge on any atom is -0.484 e. The third-order valence-electron chi connectivity index (χ3n) is 5.94. The summed E-state index contributed by atoms with van der Waals surface area (Å²) in [5, 5.41) is 2.91. The van der Waals surface area contributed by atoms with Crippen molar-refractivity contribution in [3.8, 4) is 5.75 Å². The fraction of sp³-hybridized carbons (Fsp3) is 0.310. The SMILES string of the molecule is CCNC(=O)C(Cc1ccccc1)N(Cc1ccc(C)cc1)C(=O)COc1ccc(C)c(C)c1. The van der Waals surface area contributed by atoms with E-state index in [1.54, 1.807) is 4.90 Å². The van der Waals surface area contributed by atoms with Gasteiger partial charge in [-0.1, -0.05) is 66.2 Å². The van der Waals surface area contributed by atoms with Crippen molar-refractivity contribution in [3.63, 3.8) is 0 Å². The van der Waals surface area contributed by atoms with Crippen LogP contribution in [-0.4, -0.2) is 35.9 Å². The van der Waals surface area contributed by atoms with Gasteiger partial charge in [-0.2, -0.15) is 0 Å². The molecular weight excluding hydrogens is 424 g/mol. The van der Waals surface area contributed by atoms with Gasteiger partial charge in [-0.3, -0.25) is 9.59 Å². The molecule has 3 rings (SSSR count). The second-order valence-corrected chi connectivity index (χ2v) is 8.64. The number of hydrogen-bond donors (Lipinski definition) is 1. The van der Waals surface area contributed by atoms with Gasteiger partial charge in [-0.05, 0) is 62.1 Å². The molecule has 0 bridgehead atoms. The predicted octanol–water partition coefficient (Wildman–Crippen LogP) is 4.77. The van der Waals surface area contributed by atoms with E-state index in [0.29, 0.717) is 25.3 Å². The van der Waals surface area contributed by atoms with Gasteiger partial charge < -0.3 is 15.0 Å². The molecule has 0 aromatic heterocycles. The molecule has 0 aliphatic rings. The molecule has 1 atom stereocenters. The van der Waals surface area contributed by atoms with Crippen molar-refractivity contribution in [1.82, 2.24) is 10.2 Å². The highest BCUT2D eigenvalue weighted by Crippen LogP contribution is 2.19. The van der Waals surface area contributed by atoms with E-state index >= 15 is 0 Å². The second kappa shape index (κ2) is 12.0. The number of likely N-dealkylation sites (N-methyl/N-ethyl adjacent to an activating group) is 1. The molecule has 3 aromatic carbocycles. The Hall–Kier alpha value is -3.60. The monoisotopic (exact) mass is 458 g/mol. The maximum Gasteiger partial charge on any atom is 0.261 e. The van der Waals surface area contributed by atoms with Crippen LogP contribution in [0.25, 0.3) is 0 Å². The Morgan fingerprint density at radius 2 is 1.59 bits per heavy atom. The first kappa shape index (κ1) is 25.0. The van der Waals surface area contributed by atoms with E-state index in [9.17, 15) is 9.59 Å². The molecule has 0 aliphatic carbocycles. The highest BCUT2D eigenvalue weighted by atomic mass is 16.5. The first-order valence-electron chi connectivity index (χ1n) is 11.7. The smallest absolute Gasteiger partial charge is 0.261 e. The first-order valence-corrected chi connectivity index (χ1v) is 11.7. The van der Waals surface area contributed by atoms with Crippen LogP contribution in [0.4, 0.5) is 0 Å². The van der Waals surface area contributed by atoms with Crippen LogP contribution in [0, 0.1) is 20.8 Å². The molecule has 0 aliphatic heterocycles. The van der Waals surface area contributed by atoms with Crippen molar-refractivity contribution in [1.29, 1.82) is 0 Å². The molecule has 3 aromatic rings. The van der Waals surface area contributed by atoms with Crippen LogP contribution < -0.4 is 10.1 Å². The van der Waals surface area contributed by atoms with Crippen LogP contribution in [-0.2, 0) is 22.6 Å². The molecule has 34 heavy (non-hydrogen) atoms. The lowest BCUT2D eigenvalue weighted by Crippen LogP contribution is -2.51. The minimum atomic E-state index is -0.653. The average molecular weight is 459 g/mol. The van der Waals surface area contributed by atoms with Gasteiger partial charge in [0.15, 0.2) is 6.61 Å². The number of amides is 2. The van der Waals surface area contributed by atoms with Gasteiger partial charge >= 0.3 is 0 Å². The molecule has 178 valence electrons. The van der Waals surface area contributed by atoms with E-state index < -0.39 is 6.04 Å². The predicted molar refractivity (Wildman–Crippen MR) is 136 cm³/mol. The lowest BCUT2D eigenvalue weighted by molar-refractivity contribution is -0.142. The fourth-order valence-electron chi connectivity index (χ4n) is 3.77. The van der Waals surface area contributed by atoms with Crippen LogP contribution in [0.2, 0.25) is 0 Å². The topological polar surface area (TPSA) is 58.6 Å². The summed E-state index contributed by atoms with van der Waals surface area (Å²) in [6, 6.07) is 22.9. The number of aryl methyl sites for hydroxylation is 3. The van der Waals surface area contributed by atoms with Crippen molar-refractivity contribution >= 4 is 11.8 Å². The summed E-state index contributed by atoms with van der Waals surface area (Å²) >= 11 is 0. The van der Waals surface area contributed by atoms with Crippen molar-refractivity contribution in [2.75, 3.05) is 13.2 Å². The number of rotatable bonds is 10. The maximum absolute atomic E-state index is 13.5. The lowest BCUT2D eigenvalue weighted by atomic mass is 10.0. The Morgan fingerprint density at radius 1 is 0.882 bits per heavy atom. The summed E-state index contributed by atoms with van der Waals surface area (Å²) in [6.07, 6.45) is 0.425. The molecule has 1 N–H and O–H groups in total. The van der Waals surface area contributed by atoms with Crippen LogP contribution in [0.1, 0.15) is 34.7 Å². The zero-order valence-corrected chi connectivity index (χ0v) is 20.5. The molecular formula is C29H34N2O3. The number of ether oxygens (including phenoxy) is 1. The molecule has 0 saturated carbocycles. The lowest BCUT2D eigenvalue weighted by Gasteiger charge is -2.31. The number of carbonyl (C=O) groups is 2. The van der Waals surface area contributed by atoms with Crippen molar-refractivity contribution < 1.29 is 14.3 Å². The normalized spacial score (nSPS) is 11.5. The van der Waals surface area contributed by atoms with E-state index in [1.165, 1.54) is 5.56 Å². The molecule has 0 spiro atoms. The quantitative estimate of drug-likeness (QED) is 0.476. The number of nitrogens with one attached hydrogen (secondary N) is 1. The molecule has 0 fully saturated rings. The maximum atomic E-state index is 13.5. The van der Waals surface area contributed by atoms with E-state index in [2.05, 4.69) is 5.32 Å². The Balaban J connectivity index is 1.88. The van der Waals surface area contributed by atoms with Gasteiger partial charge in [0.1, 0.15) is 11.8 Å². The van der Waals surface area contributed by atoms with Gasteiger partial charge in [-0.15, -0.1) is 0 Å². The van der Waals surface area contributed by atoms with E-state index in [4.69, 9.17) is 4.74 Å². The third-order valence-corrected chi connectivity index (χ3v) is 5.94. The Labute approximate surface area is 202 Å². The Kier molecular flexibility index (Phi) is 8.86. The van der Waals surface area contributed by atoms with Crippen LogP contribution in [0.3, 0.4) is 0 Å².